The Kier molecular flexibility index (Phi) is 5.65. The number of ether oxygens (including phenoxy) is 1. The van der Waals surface area contributed by atoms with Gasteiger partial charge in [-0.25, -0.2) is 24.3 Å². The van der Waals surface area contributed by atoms with Crippen molar-refractivity contribution in [1.29, 1.82) is 0 Å². The van der Waals surface area contributed by atoms with E-state index >= 15 is 0 Å². The molecule has 0 fully saturated rings. The molecule has 0 spiro atoms. The second kappa shape index (κ2) is 8.30. The maximum atomic E-state index is 13.3. The van der Waals surface area contributed by atoms with Crippen LogP contribution in [0.1, 0.15) is 6.92 Å². The molecule has 0 saturated heterocycles. The molecule has 7 nitrogen and oxygen atoms in total. The second-order valence-electron chi connectivity index (χ2n) is 5.69. The summed E-state index contributed by atoms with van der Waals surface area (Å²) in [5.74, 6) is 0.716. The number of hydrogen-bond donors (Lipinski definition) is 2. The monoisotopic (exact) mass is 354 g/mol. The minimum atomic E-state index is -0.319. The van der Waals surface area contributed by atoms with Crippen molar-refractivity contribution < 1.29 is 9.13 Å². The lowest BCUT2D eigenvalue weighted by molar-refractivity contribution is 0.190. The van der Waals surface area contributed by atoms with Crippen LogP contribution in [0, 0.1) is 5.82 Å². The summed E-state index contributed by atoms with van der Waals surface area (Å²) in [6.07, 6.45) is 3.09. The predicted octanol–water partition coefficient (Wildman–Crippen LogP) is 3.26. The molecule has 0 amide bonds. The zero-order valence-corrected chi connectivity index (χ0v) is 14.5. The lowest BCUT2D eigenvalue weighted by Gasteiger charge is -2.13. The fraction of sp³-hybridized carbons (Fsp3) is 0.222. The number of hydrogen-bond acceptors (Lipinski definition) is 7. The summed E-state index contributed by atoms with van der Waals surface area (Å²) < 4.78 is 18.4. The molecule has 3 aromatic rings. The molecule has 1 atom stereocenters. The number of nitrogens with zero attached hydrogens (tertiary/aromatic N) is 4. The topological polar surface area (TPSA) is 84.9 Å². The zero-order valence-electron chi connectivity index (χ0n) is 14.5. The van der Waals surface area contributed by atoms with E-state index in [9.17, 15) is 4.39 Å². The summed E-state index contributed by atoms with van der Waals surface area (Å²) in [6.45, 7) is 2.52. The molecule has 26 heavy (non-hydrogen) atoms. The Morgan fingerprint density at radius 2 is 2.00 bits per heavy atom. The molecule has 134 valence electrons. The molecule has 2 heterocycles. The minimum Gasteiger partial charge on any atom is -0.383 e. The molecule has 0 aliphatic rings. The highest BCUT2D eigenvalue weighted by Gasteiger charge is 2.08. The highest BCUT2D eigenvalue weighted by atomic mass is 19.1. The number of halogens is 1. The average molecular weight is 354 g/mol. The first-order valence-electron chi connectivity index (χ1n) is 8.07. The third-order valence-electron chi connectivity index (χ3n) is 3.47. The van der Waals surface area contributed by atoms with Crippen molar-refractivity contribution in [2.24, 2.45) is 0 Å². The number of rotatable bonds is 7. The van der Waals surface area contributed by atoms with Crippen molar-refractivity contribution in [3.05, 3.63) is 54.7 Å². The Balaban J connectivity index is 1.79. The van der Waals surface area contributed by atoms with Crippen LogP contribution in [0.5, 0.6) is 0 Å². The smallest absolute Gasteiger partial charge is 0.223 e. The normalized spacial score (nSPS) is 11.8. The molecule has 3 rings (SSSR count). The first-order chi connectivity index (χ1) is 12.6. The van der Waals surface area contributed by atoms with Gasteiger partial charge >= 0.3 is 0 Å². The lowest BCUT2D eigenvalue weighted by Crippen LogP contribution is -2.22. The molecular weight excluding hydrogens is 335 g/mol. The Hall–Kier alpha value is -3.13. The number of benzene rings is 1. The molecule has 2 aromatic heterocycles. The fourth-order valence-electron chi connectivity index (χ4n) is 2.36. The van der Waals surface area contributed by atoms with Crippen LogP contribution < -0.4 is 10.6 Å². The van der Waals surface area contributed by atoms with E-state index < -0.39 is 0 Å². The Morgan fingerprint density at radius 1 is 1.12 bits per heavy atom. The molecule has 2 N–H and O–H groups in total. The predicted molar refractivity (Wildman–Crippen MR) is 97.7 cm³/mol. The second-order valence-corrected chi connectivity index (χ2v) is 5.69. The van der Waals surface area contributed by atoms with Crippen LogP contribution in [0.4, 0.5) is 21.8 Å². The van der Waals surface area contributed by atoms with Gasteiger partial charge in [-0.3, -0.25) is 0 Å². The van der Waals surface area contributed by atoms with Crippen molar-refractivity contribution >= 4 is 17.5 Å². The largest absolute Gasteiger partial charge is 0.383 e. The van der Waals surface area contributed by atoms with Gasteiger partial charge in [-0.1, -0.05) is 6.07 Å². The fourth-order valence-corrected chi connectivity index (χ4v) is 2.36. The third kappa shape index (κ3) is 4.70. The van der Waals surface area contributed by atoms with E-state index in [0.717, 1.165) is 0 Å². The van der Waals surface area contributed by atoms with Crippen LogP contribution in [-0.2, 0) is 4.74 Å². The summed E-state index contributed by atoms with van der Waals surface area (Å²) in [5, 5.41) is 6.22. The number of nitrogens with one attached hydrogen (secondary N) is 2. The summed E-state index contributed by atoms with van der Waals surface area (Å²) >= 11 is 0. The highest BCUT2D eigenvalue weighted by molar-refractivity contribution is 5.63. The quantitative estimate of drug-likeness (QED) is 0.673. The van der Waals surface area contributed by atoms with Crippen molar-refractivity contribution in [2.75, 3.05) is 24.4 Å². The van der Waals surface area contributed by atoms with E-state index in [-0.39, 0.29) is 11.9 Å². The Morgan fingerprint density at radius 3 is 2.81 bits per heavy atom. The SMILES string of the molecule is COCC(C)Nc1nccc(-c2cc(Nc3cccc(F)c3)ncn2)n1. The van der Waals surface area contributed by atoms with Gasteiger partial charge in [0.15, 0.2) is 0 Å². The van der Waals surface area contributed by atoms with E-state index in [1.165, 1.54) is 18.5 Å². The Labute approximate surface area is 150 Å². The van der Waals surface area contributed by atoms with Crippen LogP contribution >= 0.6 is 0 Å². The first-order valence-corrected chi connectivity index (χ1v) is 8.07. The molecule has 0 bridgehead atoms. The number of anilines is 3. The minimum absolute atomic E-state index is 0.0749. The van der Waals surface area contributed by atoms with Crippen LogP contribution in [-0.4, -0.2) is 39.7 Å². The zero-order chi connectivity index (χ0) is 18.4. The van der Waals surface area contributed by atoms with E-state index in [0.29, 0.717) is 35.4 Å². The summed E-state index contributed by atoms with van der Waals surface area (Å²) in [4.78, 5) is 17.1. The van der Waals surface area contributed by atoms with Crippen molar-refractivity contribution in [2.45, 2.75) is 13.0 Å². The summed E-state index contributed by atoms with van der Waals surface area (Å²) in [6, 6.07) is 9.75. The summed E-state index contributed by atoms with van der Waals surface area (Å²) in [7, 11) is 1.64. The number of methoxy groups -OCH3 is 1. The number of aromatic nitrogens is 4. The molecule has 8 heteroatoms. The van der Waals surface area contributed by atoms with Crippen molar-refractivity contribution in [1.82, 2.24) is 19.9 Å². The van der Waals surface area contributed by atoms with Crippen molar-refractivity contribution in [3.8, 4) is 11.4 Å². The van der Waals surface area contributed by atoms with Gasteiger partial charge in [0, 0.05) is 31.1 Å². The van der Waals surface area contributed by atoms with Gasteiger partial charge in [0.1, 0.15) is 18.0 Å². The van der Waals surface area contributed by atoms with Gasteiger partial charge in [-0.05, 0) is 31.2 Å². The molecule has 1 unspecified atom stereocenters. The van der Waals surface area contributed by atoms with Gasteiger partial charge in [-0.2, -0.15) is 0 Å². The van der Waals surface area contributed by atoms with E-state index in [1.54, 1.807) is 37.6 Å². The average Bonchev–Trinajstić information content (AvgIpc) is 2.62. The molecule has 0 aliphatic heterocycles. The molecule has 0 radical (unpaired) electrons. The molecule has 0 saturated carbocycles. The van der Waals surface area contributed by atoms with Gasteiger partial charge in [-0.15, -0.1) is 0 Å². The van der Waals surface area contributed by atoms with Gasteiger partial charge < -0.3 is 15.4 Å². The maximum Gasteiger partial charge on any atom is 0.223 e. The van der Waals surface area contributed by atoms with Crippen LogP contribution in [0.25, 0.3) is 11.4 Å². The van der Waals surface area contributed by atoms with E-state index in [4.69, 9.17) is 4.74 Å². The molecule has 0 aliphatic carbocycles. The standard InChI is InChI=1S/C18H19FN6O/c1-12(10-26-2)23-18-20-7-6-15(25-18)16-9-17(22-11-21-16)24-14-5-3-4-13(19)8-14/h3-9,11-12H,10H2,1-2H3,(H,20,23,25)(H,21,22,24). The van der Waals surface area contributed by atoms with Crippen molar-refractivity contribution in [3.63, 3.8) is 0 Å². The van der Waals surface area contributed by atoms with Gasteiger partial charge in [0.05, 0.1) is 18.0 Å². The lowest BCUT2D eigenvalue weighted by atomic mass is 10.2. The maximum absolute atomic E-state index is 13.3. The van der Waals surface area contributed by atoms with Crippen LogP contribution in [0.2, 0.25) is 0 Å². The van der Waals surface area contributed by atoms with Gasteiger partial charge in [0.25, 0.3) is 0 Å². The highest BCUT2D eigenvalue weighted by Crippen LogP contribution is 2.20. The Bertz CT molecular complexity index is 876. The van der Waals surface area contributed by atoms with Crippen LogP contribution in [0.3, 0.4) is 0 Å². The third-order valence-corrected chi connectivity index (χ3v) is 3.47. The van der Waals surface area contributed by atoms with Crippen LogP contribution in [0.15, 0.2) is 48.9 Å². The van der Waals surface area contributed by atoms with Gasteiger partial charge in [0.2, 0.25) is 5.95 Å². The molecule has 1 aromatic carbocycles. The van der Waals surface area contributed by atoms with E-state index in [2.05, 4.69) is 30.6 Å². The first kappa shape index (κ1) is 17.7. The summed E-state index contributed by atoms with van der Waals surface area (Å²) in [5.41, 5.74) is 1.88. The van der Waals surface area contributed by atoms with E-state index in [1.807, 2.05) is 6.92 Å². The molecular formula is C18H19FN6O.